The summed E-state index contributed by atoms with van der Waals surface area (Å²) in [6, 6.07) is 6.54. The monoisotopic (exact) mass is 942 g/mol. The Morgan fingerprint density at radius 2 is 1.49 bits per heavy atom. The highest BCUT2D eigenvalue weighted by atomic mass is 19.4. The Labute approximate surface area is 389 Å². The molecule has 4 N–H and O–H groups in total. The summed E-state index contributed by atoms with van der Waals surface area (Å²) in [5.74, 6) is -8.37. The van der Waals surface area contributed by atoms with Gasteiger partial charge in [-0.25, -0.2) is 9.78 Å². The van der Waals surface area contributed by atoms with Crippen LogP contribution in [0.4, 0.5) is 13.2 Å². The lowest BCUT2D eigenvalue weighted by atomic mass is 9.79. The minimum atomic E-state index is -5.08. The van der Waals surface area contributed by atoms with Crippen LogP contribution < -0.4 is 16.0 Å². The normalized spacial score (nSPS) is 17.9. The summed E-state index contributed by atoms with van der Waals surface area (Å²) in [6.07, 6.45) is 5.90. The first-order chi connectivity index (χ1) is 31.6. The molecule has 6 atom stereocenters. The third-order valence-electron chi connectivity index (χ3n) is 12.1. The van der Waals surface area contributed by atoms with Gasteiger partial charge in [-0.2, -0.15) is 13.2 Å². The van der Waals surface area contributed by atoms with Crippen molar-refractivity contribution in [3.05, 3.63) is 60.2 Å². The molecular weight excluding hydrogens is 878 g/mol. The molecule has 0 saturated heterocycles. The maximum Gasteiger partial charge on any atom is 0.490 e. The summed E-state index contributed by atoms with van der Waals surface area (Å²) in [5, 5.41) is 15.8. The smallest absolute Gasteiger partial charge is 0.475 e. The standard InChI is InChI=1S/C46H64N6O8.C2HF3O2/c1-6-14-32(43(57)37(53)21-22-40(56)50-42(46(60)52(4)5)31-17-11-8-12-18-31)26-38(54)34-19-13-20-35(34)49-44(58)33(25-29(2)3)27-39(55)41(30-15-9-7-10-16-30)51-45(59)36-28-47-23-24-48-36;3-2(4,5)1(6)7/h8,11-12,17-18,23-24,28-30,32-35,41-42H,6-7,9-10,13-16,19-22,25-27H2,1-5H3,(H,49,58)(H,50,56)(H,51,59);(H,6,7)/t32-,33-,34-,35+,41+,42+;/m1./s1. The summed E-state index contributed by atoms with van der Waals surface area (Å²) in [5.41, 5.74) is 0.698. The van der Waals surface area contributed by atoms with Gasteiger partial charge in [-0.3, -0.25) is 43.3 Å². The number of halogens is 3. The molecule has 16 nitrogen and oxygen atoms in total. The highest BCUT2D eigenvalue weighted by Crippen LogP contribution is 2.32. The van der Waals surface area contributed by atoms with Crippen molar-refractivity contribution in [3.63, 3.8) is 0 Å². The zero-order valence-electron chi connectivity index (χ0n) is 38.9. The van der Waals surface area contributed by atoms with Crippen molar-refractivity contribution in [1.82, 2.24) is 30.8 Å². The highest BCUT2D eigenvalue weighted by molar-refractivity contribution is 6.38. The molecule has 2 aliphatic carbocycles. The van der Waals surface area contributed by atoms with Gasteiger partial charge in [0.25, 0.3) is 5.91 Å². The number of amides is 4. The number of alkyl halides is 3. The maximum atomic E-state index is 14.1. The molecule has 0 radical (unpaired) electrons. The van der Waals surface area contributed by atoms with Crippen molar-refractivity contribution in [2.75, 3.05) is 14.1 Å². The molecule has 2 aromatic rings. The molecular formula is C48H65F3N6O10. The second kappa shape index (κ2) is 27.1. The Kier molecular flexibility index (Phi) is 22.4. The van der Waals surface area contributed by atoms with E-state index in [-0.39, 0.29) is 66.6 Å². The molecule has 0 unspecified atom stereocenters. The lowest BCUT2D eigenvalue weighted by Gasteiger charge is -2.31. The topological polar surface area (TPSA) is 239 Å². The van der Waals surface area contributed by atoms with E-state index in [0.717, 1.165) is 32.1 Å². The molecule has 0 aliphatic heterocycles. The molecule has 0 spiro atoms. The second-order valence-electron chi connectivity index (χ2n) is 18.0. The average Bonchev–Trinajstić information content (AvgIpc) is 3.76. The Bertz CT molecular complexity index is 2010. The largest absolute Gasteiger partial charge is 0.490 e. The van der Waals surface area contributed by atoms with Gasteiger partial charge in [0.15, 0.2) is 11.6 Å². The van der Waals surface area contributed by atoms with E-state index in [0.29, 0.717) is 44.1 Å². The summed E-state index contributed by atoms with van der Waals surface area (Å²) >= 11 is 0. The van der Waals surface area contributed by atoms with Crippen LogP contribution in [0.2, 0.25) is 0 Å². The number of hydrogen-bond donors (Lipinski definition) is 4. The van der Waals surface area contributed by atoms with Crippen molar-refractivity contribution >= 4 is 52.7 Å². The molecule has 2 saturated carbocycles. The van der Waals surface area contributed by atoms with Gasteiger partial charge in [0.2, 0.25) is 23.5 Å². The first kappa shape index (κ1) is 55.4. The SMILES string of the molecule is CCC[C@H](CC(=O)[C@@H]1CCC[C@@H]1NC(=O)[C@@H](CC(=O)[C@@H](NC(=O)c1cnccn1)C1CCCCC1)CC(C)C)C(=O)C(=O)CCC(=O)N[C@H](C(=O)N(C)C)c1ccccc1.O=C(O)C(F)(F)F. The number of ketones is 4. The molecule has 1 aromatic carbocycles. The van der Waals surface area contributed by atoms with E-state index in [1.807, 2.05) is 20.8 Å². The van der Waals surface area contributed by atoms with Crippen LogP contribution in [0.5, 0.6) is 0 Å². The van der Waals surface area contributed by atoms with Gasteiger partial charge >= 0.3 is 12.1 Å². The number of carboxylic acid groups (broad SMARTS) is 1. The van der Waals surface area contributed by atoms with Gasteiger partial charge in [0.1, 0.15) is 17.5 Å². The van der Waals surface area contributed by atoms with Crippen LogP contribution in [-0.2, 0) is 38.4 Å². The van der Waals surface area contributed by atoms with Gasteiger partial charge < -0.3 is 26.0 Å². The van der Waals surface area contributed by atoms with Crippen LogP contribution in [0.25, 0.3) is 0 Å². The fourth-order valence-corrected chi connectivity index (χ4v) is 8.67. The zero-order chi connectivity index (χ0) is 49.8. The van der Waals surface area contributed by atoms with Crippen LogP contribution in [0.15, 0.2) is 48.9 Å². The van der Waals surface area contributed by atoms with Crippen LogP contribution in [0.3, 0.4) is 0 Å². The zero-order valence-corrected chi connectivity index (χ0v) is 38.9. The molecule has 19 heteroatoms. The number of hydrogen-bond acceptors (Lipinski definition) is 11. The van der Waals surface area contributed by atoms with Crippen molar-refractivity contribution in [2.24, 2.45) is 29.6 Å². The van der Waals surface area contributed by atoms with E-state index in [2.05, 4.69) is 25.9 Å². The van der Waals surface area contributed by atoms with Crippen molar-refractivity contribution in [2.45, 2.75) is 141 Å². The number of carboxylic acids is 1. The first-order valence-corrected chi connectivity index (χ1v) is 23.0. The Morgan fingerprint density at radius 1 is 0.836 bits per heavy atom. The summed E-state index contributed by atoms with van der Waals surface area (Å²) in [4.78, 5) is 126. The Morgan fingerprint density at radius 3 is 2.06 bits per heavy atom. The lowest BCUT2D eigenvalue weighted by Crippen LogP contribution is -2.49. The Hall–Kier alpha value is -5.88. The van der Waals surface area contributed by atoms with E-state index in [1.165, 1.54) is 23.5 Å². The number of carbonyl (C=O) groups is 9. The molecule has 2 fully saturated rings. The number of benzene rings is 1. The summed E-state index contributed by atoms with van der Waals surface area (Å²) < 4.78 is 31.7. The average molecular weight is 943 g/mol. The first-order valence-electron chi connectivity index (χ1n) is 23.0. The third kappa shape index (κ3) is 18.0. The molecule has 1 heterocycles. The molecule has 4 rings (SSSR count). The van der Waals surface area contributed by atoms with Crippen LogP contribution in [0.1, 0.15) is 139 Å². The van der Waals surface area contributed by atoms with Crippen molar-refractivity contribution < 1.29 is 61.4 Å². The third-order valence-corrected chi connectivity index (χ3v) is 12.1. The summed E-state index contributed by atoms with van der Waals surface area (Å²) in [6.45, 7) is 5.82. The van der Waals surface area contributed by atoms with E-state index >= 15 is 0 Å². The lowest BCUT2D eigenvalue weighted by molar-refractivity contribution is -0.192. The fraction of sp³-hybridized carbons (Fsp3) is 0.604. The van der Waals surface area contributed by atoms with Crippen LogP contribution in [0, 0.1) is 29.6 Å². The van der Waals surface area contributed by atoms with Gasteiger partial charge in [-0.15, -0.1) is 0 Å². The van der Waals surface area contributed by atoms with E-state index in [1.54, 1.807) is 44.4 Å². The minimum absolute atomic E-state index is 0.0555. The number of nitrogens with one attached hydrogen (secondary N) is 3. The van der Waals surface area contributed by atoms with Crippen molar-refractivity contribution in [3.8, 4) is 0 Å². The van der Waals surface area contributed by atoms with E-state index in [4.69, 9.17) is 9.90 Å². The second-order valence-corrected chi connectivity index (χ2v) is 18.0. The number of rotatable bonds is 23. The number of likely N-dealkylation sites (N-methyl/N-ethyl adjacent to an activating group) is 1. The molecule has 1 aromatic heterocycles. The quantitative estimate of drug-likeness (QED) is 0.0948. The summed E-state index contributed by atoms with van der Waals surface area (Å²) in [7, 11) is 3.16. The number of carbonyl (C=O) groups excluding carboxylic acids is 8. The number of Topliss-reactive ketones (excluding diaryl/α,β-unsaturated/α-hetero) is 4. The molecule has 0 bridgehead atoms. The predicted octanol–water partition coefficient (Wildman–Crippen LogP) is 5.93. The van der Waals surface area contributed by atoms with Gasteiger partial charge in [0.05, 0.1) is 12.2 Å². The van der Waals surface area contributed by atoms with Crippen molar-refractivity contribution in [1.29, 1.82) is 0 Å². The van der Waals surface area contributed by atoms with E-state index in [9.17, 15) is 51.5 Å². The van der Waals surface area contributed by atoms with Gasteiger partial charge in [-0.05, 0) is 55.9 Å². The maximum absolute atomic E-state index is 14.1. The molecule has 4 amide bonds. The number of aliphatic carboxylic acids is 1. The highest BCUT2D eigenvalue weighted by Gasteiger charge is 2.40. The molecule has 368 valence electrons. The predicted molar refractivity (Wildman–Crippen MR) is 239 cm³/mol. The molecule has 67 heavy (non-hydrogen) atoms. The Balaban J connectivity index is 0.00000157. The van der Waals surface area contributed by atoms with Crippen LogP contribution in [-0.4, -0.2) is 105 Å². The van der Waals surface area contributed by atoms with Gasteiger partial charge in [0, 0.05) is 76.0 Å². The fourth-order valence-electron chi connectivity index (χ4n) is 8.67. The van der Waals surface area contributed by atoms with Gasteiger partial charge in [-0.1, -0.05) is 83.2 Å². The van der Waals surface area contributed by atoms with Crippen LogP contribution >= 0.6 is 0 Å². The number of aromatic nitrogens is 2. The minimum Gasteiger partial charge on any atom is -0.475 e. The molecule has 2 aliphatic rings. The number of nitrogens with zero attached hydrogens (tertiary/aromatic N) is 3. The van der Waals surface area contributed by atoms with E-state index < -0.39 is 71.4 Å².